The van der Waals surface area contributed by atoms with E-state index in [0.29, 0.717) is 0 Å². The molecule has 0 spiro atoms. The monoisotopic (exact) mass is 470 g/mol. The third kappa shape index (κ3) is 6.05. The Morgan fingerprint density at radius 2 is 1.21 bits per heavy atom. The minimum atomic E-state index is -3.20. The molecule has 1 saturated heterocycles. The van der Waals surface area contributed by atoms with Gasteiger partial charge in [-0.25, -0.2) is 8.78 Å². The first-order valence-electron chi connectivity index (χ1n) is 11.2. The molecule has 1 fully saturated rings. The number of alkyl halides is 2. The van der Waals surface area contributed by atoms with Crippen molar-refractivity contribution in [3.05, 3.63) is 108 Å². The molecule has 4 atom stereocenters. The number of rotatable bonds is 11. The van der Waals surface area contributed by atoms with E-state index in [1.807, 2.05) is 91.0 Å². The van der Waals surface area contributed by atoms with E-state index in [-0.39, 0.29) is 26.4 Å². The molecule has 0 radical (unpaired) electrons. The predicted molar refractivity (Wildman–Crippen MR) is 122 cm³/mol. The molecular formula is C27H28F2O5. The molecule has 3 aromatic rings. The second-order valence-corrected chi connectivity index (χ2v) is 8.19. The van der Waals surface area contributed by atoms with Crippen molar-refractivity contribution in [2.24, 2.45) is 0 Å². The summed E-state index contributed by atoms with van der Waals surface area (Å²) in [5, 5.41) is 10.8. The molecule has 0 saturated carbocycles. The average Bonchev–Trinajstić information content (AvgIpc) is 3.15. The number of ether oxygens (including phenoxy) is 4. The highest BCUT2D eigenvalue weighted by molar-refractivity contribution is 5.15. The number of aliphatic hydroxyl groups is 1. The lowest BCUT2D eigenvalue weighted by Crippen LogP contribution is -2.51. The third-order valence-corrected chi connectivity index (χ3v) is 5.68. The van der Waals surface area contributed by atoms with Crippen LogP contribution in [-0.4, -0.2) is 42.2 Å². The second-order valence-electron chi connectivity index (χ2n) is 8.19. The van der Waals surface area contributed by atoms with Crippen LogP contribution in [0, 0.1) is 0 Å². The lowest BCUT2D eigenvalue weighted by Gasteiger charge is -2.29. The van der Waals surface area contributed by atoms with E-state index in [1.54, 1.807) is 0 Å². The third-order valence-electron chi connectivity index (χ3n) is 5.68. The fraction of sp³-hybridized carbons (Fsp3) is 0.333. The molecule has 180 valence electrons. The first kappa shape index (κ1) is 24.4. The summed E-state index contributed by atoms with van der Waals surface area (Å²) < 4.78 is 51.2. The number of halogens is 2. The van der Waals surface area contributed by atoms with Crippen molar-refractivity contribution in [1.29, 1.82) is 0 Å². The van der Waals surface area contributed by atoms with Gasteiger partial charge in [0.2, 0.25) is 0 Å². The zero-order chi connectivity index (χ0) is 23.8. The molecule has 7 heteroatoms. The van der Waals surface area contributed by atoms with Gasteiger partial charge in [0.1, 0.15) is 18.3 Å². The molecule has 0 aliphatic carbocycles. The Labute approximate surface area is 197 Å². The second kappa shape index (κ2) is 11.6. The van der Waals surface area contributed by atoms with E-state index >= 15 is 0 Å². The summed E-state index contributed by atoms with van der Waals surface area (Å²) in [5.41, 5.74) is 2.58. The van der Waals surface area contributed by atoms with Crippen molar-refractivity contribution in [3.8, 4) is 0 Å². The minimum Gasteiger partial charge on any atom is -0.374 e. The van der Waals surface area contributed by atoms with Gasteiger partial charge in [-0.15, -0.1) is 0 Å². The first-order valence-corrected chi connectivity index (χ1v) is 11.2. The Morgan fingerprint density at radius 1 is 0.735 bits per heavy atom. The van der Waals surface area contributed by atoms with Crippen molar-refractivity contribution in [2.75, 3.05) is 6.61 Å². The van der Waals surface area contributed by atoms with E-state index in [4.69, 9.17) is 18.9 Å². The van der Waals surface area contributed by atoms with Gasteiger partial charge in [-0.3, -0.25) is 0 Å². The Kier molecular flexibility index (Phi) is 8.37. The normalized spacial score (nSPS) is 24.5. The topological polar surface area (TPSA) is 57.2 Å². The van der Waals surface area contributed by atoms with Gasteiger partial charge in [-0.05, 0) is 16.7 Å². The molecule has 0 bridgehead atoms. The number of hydrogen-bond acceptors (Lipinski definition) is 5. The van der Waals surface area contributed by atoms with Crippen LogP contribution in [0.4, 0.5) is 8.78 Å². The maximum absolute atomic E-state index is 14.0. The van der Waals surface area contributed by atoms with Crippen LogP contribution in [0.5, 0.6) is 0 Å². The summed E-state index contributed by atoms with van der Waals surface area (Å²) in [6.07, 6.45) is -6.54. The van der Waals surface area contributed by atoms with Gasteiger partial charge >= 0.3 is 0 Å². The van der Waals surface area contributed by atoms with Crippen molar-refractivity contribution in [2.45, 2.75) is 50.3 Å². The van der Waals surface area contributed by atoms with Gasteiger partial charge in [0.05, 0.1) is 26.4 Å². The molecule has 1 aliphatic heterocycles. The van der Waals surface area contributed by atoms with Crippen molar-refractivity contribution in [1.82, 2.24) is 0 Å². The Balaban J connectivity index is 1.50. The van der Waals surface area contributed by atoms with Crippen molar-refractivity contribution < 1.29 is 32.8 Å². The number of benzene rings is 3. The van der Waals surface area contributed by atoms with Crippen LogP contribution in [-0.2, 0) is 38.8 Å². The lowest BCUT2D eigenvalue weighted by atomic mass is 10.0. The standard InChI is InChI=1S/C27H28F2O5/c28-26(29)27(30)25(33-18-22-14-8-3-9-15-22)24(32-17-21-12-6-2-7-13-21)23(34-27)19-31-16-20-10-4-1-5-11-20/h1-15,23-26,30H,16-19H2/t23-,24-,25-,27-/m1/s1. The minimum absolute atomic E-state index is 0.0205. The van der Waals surface area contributed by atoms with E-state index < -0.39 is 30.5 Å². The zero-order valence-electron chi connectivity index (χ0n) is 18.6. The summed E-state index contributed by atoms with van der Waals surface area (Å²) in [6.45, 7) is 0.393. The first-order chi connectivity index (χ1) is 16.6. The van der Waals surface area contributed by atoms with E-state index in [0.717, 1.165) is 16.7 Å². The molecule has 1 N–H and O–H groups in total. The summed E-state index contributed by atoms with van der Waals surface area (Å²) in [4.78, 5) is 0. The van der Waals surface area contributed by atoms with Gasteiger partial charge in [-0.2, -0.15) is 0 Å². The molecule has 4 rings (SSSR count). The maximum Gasteiger partial charge on any atom is 0.294 e. The smallest absolute Gasteiger partial charge is 0.294 e. The van der Waals surface area contributed by atoms with Crippen molar-refractivity contribution in [3.63, 3.8) is 0 Å². The van der Waals surface area contributed by atoms with Gasteiger partial charge in [0.15, 0.2) is 0 Å². The highest BCUT2D eigenvalue weighted by Crippen LogP contribution is 2.39. The Hall–Kier alpha value is -2.68. The molecule has 5 nitrogen and oxygen atoms in total. The fourth-order valence-corrected chi connectivity index (χ4v) is 3.91. The van der Waals surface area contributed by atoms with Gasteiger partial charge < -0.3 is 24.1 Å². The summed E-state index contributed by atoms with van der Waals surface area (Å²) in [6, 6.07) is 28.0. The number of hydrogen-bond donors (Lipinski definition) is 1. The van der Waals surface area contributed by atoms with E-state index in [9.17, 15) is 13.9 Å². The Morgan fingerprint density at radius 3 is 1.71 bits per heavy atom. The van der Waals surface area contributed by atoms with Crippen LogP contribution in [0.15, 0.2) is 91.0 Å². The molecule has 1 heterocycles. The maximum atomic E-state index is 14.0. The SMILES string of the molecule is O[C@@]1(C(F)F)O[C@H](COCc2ccccc2)[C@@H](OCc2ccccc2)[C@H]1OCc1ccccc1. The zero-order valence-corrected chi connectivity index (χ0v) is 18.6. The molecule has 34 heavy (non-hydrogen) atoms. The highest BCUT2D eigenvalue weighted by atomic mass is 19.3. The lowest BCUT2D eigenvalue weighted by molar-refractivity contribution is -0.298. The van der Waals surface area contributed by atoms with Crippen LogP contribution < -0.4 is 0 Å². The van der Waals surface area contributed by atoms with E-state index in [2.05, 4.69) is 0 Å². The average molecular weight is 471 g/mol. The predicted octanol–water partition coefficient (Wildman–Crippen LogP) is 4.73. The van der Waals surface area contributed by atoms with Crippen LogP contribution in [0.2, 0.25) is 0 Å². The Bertz CT molecular complexity index is 990. The van der Waals surface area contributed by atoms with Crippen LogP contribution >= 0.6 is 0 Å². The van der Waals surface area contributed by atoms with Crippen molar-refractivity contribution >= 4 is 0 Å². The largest absolute Gasteiger partial charge is 0.374 e. The molecule has 3 aromatic carbocycles. The summed E-state index contributed by atoms with van der Waals surface area (Å²) in [7, 11) is 0. The van der Waals surface area contributed by atoms with Crippen LogP contribution in [0.3, 0.4) is 0 Å². The van der Waals surface area contributed by atoms with Gasteiger partial charge in [-0.1, -0.05) is 91.0 Å². The molecule has 0 unspecified atom stereocenters. The summed E-state index contributed by atoms with van der Waals surface area (Å²) >= 11 is 0. The molecule has 1 aliphatic rings. The molecular weight excluding hydrogens is 442 g/mol. The van der Waals surface area contributed by atoms with Gasteiger partial charge in [0, 0.05) is 0 Å². The molecule has 0 amide bonds. The van der Waals surface area contributed by atoms with Gasteiger partial charge in [0.25, 0.3) is 12.2 Å². The quantitative estimate of drug-likeness (QED) is 0.439. The highest BCUT2D eigenvalue weighted by Gasteiger charge is 2.61. The molecule has 0 aromatic heterocycles. The fourth-order valence-electron chi connectivity index (χ4n) is 3.91. The van der Waals surface area contributed by atoms with E-state index in [1.165, 1.54) is 0 Å². The summed E-state index contributed by atoms with van der Waals surface area (Å²) in [5.74, 6) is -2.82. The van der Waals surface area contributed by atoms with Crippen LogP contribution in [0.25, 0.3) is 0 Å². The van der Waals surface area contributed by atoms with Crippen LogP contribution in [0.1, 0.15) is 16.7 Å².